The number of rotatable bonds is 3. The average molecular weight is 232 g/mol. The van der Waals surface area contributed by atoms with Crippen LogP contribution in [0.3, 0.4) is 0 Å². The number of nitrogens with one attached hydrogen (secondary N) is 1. The number of hydrogen-bond donors (Lipinski definition) is 1. The number of alkyl halides is 1. The Morgan fingerprint density at radius 2 is 2.36 bits per heavy atom. The van der Waals surface area contributed by atoms with E-state index in [4.69, 9.17) is 11.6 Å². The summed E-state index contributed by atoms with van der Waals surface area (Å²) in [6.07, 6.45) is 3.52. The standard InChI is InChI=1S/C9H14ClN3S/c1-6-12-13-9(14-6)11-5-7-2-3-8(10)4-7/h7-8H,2-5H2,1H3,(H,11,13). The van der Waals surface area contributed by atoms with Crippen LogP contribution in [-0.4, -0.2) is 22.1 Å². The number of aromatic nitrogens is 2. The molecule has 0 aromatic carbocycles. The predicted molar refractivity (Wildman–Crippen MR) is 60.1 cm³/mol. The molecule has 0 radical (unpaired) electrons. The summed E-state index contributed by atoms with van der Waals surface area (Å²) < 4.78 is 0. The molecule has 2 atom stereocenters. The molecule has 1 aliphatic carbocycles. The highest BCUT2D eigenvalue weighted by molar-refractivity contribution is 7.15. The van der Waals surface area contributed by atoms with Crippen LogP contribution in [0.2, 0.25) is 0 Å². The van der Waals surface area contributed by atoms with E-state index >= 15 is 0 Å². The van der Waals surface area contributed by atoms with Crippen LogP contribution >= 0.6 is 22.9 Å². The van der Waals surface area contributed by atoms with Crippen LogP contribution in [0.25, 0.3) is 0 Å². The average Bonchev–Trinajstić information content (AvgIpc) is 2.72. The van der Waals surface area contributed by atoms with Crippen LogP contribution in [0.5, 0.6) is 0 Å². The highest BCUT2D eigenvalue weighted by atomic mass is 35.5. The fraction of sp³-hybridized carbons (Fsp3) is 0.778. The molecule has 1 aromatic heterocycles. The molecule has 1 aromatic rings. The molecule has 2 unspecified atom stereocenters. The second-order valence-electron chi connectivity index (χ2n) is 3.78. The van der Waals surface area contributed by atoms with Crippen molar-refractivity contribution >= 4 is 28.1 Å². The molecule has 0 bridgehead atoms. The van der Waals surface area contributed by atoms with Gasteiger partial charge in [0.25, 0.3) is 0 Å². The van der Waals surface area contributed by atoms with E-state index in [-0.39, 0.29) is 0 Å². The zero-order valence-corrected chi connectivity index (χ0v) is 9.74. The minimum absolute atomic E-state index is 0.387. The van der Waals surface area contributed by atoms with Crippen LogP contribution in [0, 0.1) is 12.8 Å². The lowest BCUT2D eigenvalue weighted by molar-refractivity contribution is 0.580. The normalized spacial score (nSPS) is 26.7. The SMILES string of the molecule is Cc1nnc(NCC2CCC(Cl)C2)s1. The lowest BCUT2D eigenvalue weighted by Crippen LogP contribution is -2.11. The molecule has 0 saturated heterocycles. The number of hydrogen-bond acceptors (Lipinski definition) is 4. The number of anilines is 1. The summed E-state index contributed by atoms with van der Waals surface area (Å²) in [5, 5.41) is 13.6. The summed E-state index contributed by atoms with van der Waals surface area (Å²) in [4.78, 5) is 0. The number of nitrogens with zero attached hydrogens (tertiary/aromatic N) is 2. The van der Waals surface area contributed by atoms with Gasteiger partial charge >= 0.3 is 0 Å². The van der Waals surface area contributed by atoms with Crippen molar-refractivity contribution in [3.8, 4) is 0 Å². The molecule has 5 heteroatoms. The maximum Gasteiger partial charge on any atom is 0.205 e. The van der Waals surface area contributed by atoms with Gasteiger partial charge < -0.3 is 5.32 Å². The Balaban J connectivity index is 1.77. The first-order valence-corrected chi connectivity index (χ1v) is 6.17. The molecule has 3 nitrogen and oxygen atoms in total. The van der Waals surface area contributed by atoms with Gasteiger partial charge in [-0.2, -0.15) is 0 Å². The van der Waals surface area contributed by atoms with Crippen molar-refractivity contribution in [1.82, 2.24) is 10.2 Å². The fourth-order valence-electron chi connectivity index (χ4n) is 1.80. The summed E-state index contributed by atoms with van der Waals surface area (Å²) in [6, 6.07) is 0. The molecule has 0 amide bonds. The topological polar surface area (TPSA) is 37.8 Å². The van der Waals surface area contributed by atoms with Crippen LogP contribution in [-0.2, 0) is 0 Å². The Labute approximate surface area is 92.9 Å². The fourth-order valence-corrected chi connectivity index (χ4v) is 2.78. The molecule has 1 saturated carbocycles. The van der Waals surface area contributed by atoms with Gasteiger partial charge in [-0.15, -0.1) is 21.8 Å². The molecule has 2 rings (SSSR count). The maximum absolute atomic E-state index is 6.04. The van der Waals surface area contributed by atoms with Crippen molar-refractivity contribution in [2.24, 2.45) is 5.92 Å². The summed E-state index contributed by atoms with van der Waals surface area (Å²) in [5.41, 5.74) is 0. The van der Waals surface area contributed by atoms with Crippen molar-refractivity contribution < 1.29 is 0 Å². The molecule has 1 aliphatic rings. The zero-order chi connectivity index (χ0) is 9.97. The van der Waals surface area contributed by atoms with E-state index in [9.17, 15) is 0 Å². The second kappa shape index (κ2) is 4.45. The van der Waals surface area contributed by atoms with Gasteiger partial charge in [0.15, 0.2) is 0 Å². The lowest BCUT2D eigenvalue weighted by Gasteiger charge is -2.08. The number of halogens is 1. The Hall–Kier alpha value is -0.350. The van der Waals surface area contributed by atoms with Crippen molar-refractivity contribution in [2.75, 3.05) is 11.9 Å². The summed E-state index contributed by atoms with van der Waals surface area (Å²) in [7, 11) is 0. The van der Waals surface area contributed by atoms with E-state index in [1.807, 2.05) is 6.92 Å². The number of aryl methyl sites for hydroxylation is 1. The van der Waals surface area contributed by atoms with E-state index in [2.05, 4.69) is 15.5 Å². The molecular formula is C9H14ClN3S. The Morgan fingerprint density at radius 3 is 2.93 bits per heavy atom. The largest absolute Gasteiger partial charge is 0.360 e. The minimum atomic E-state index is 0.387. The molecule has 1 heterocycles. The first-order valence-electron chi connectivity index (χ1n) is 4.92. The van der Waals surface area contributed by atoms with Crippen LogP contribution < -0.4 is 5.32 Å². The Kier molecular flexibility index (Phi) is 3.23. The third-order valence-corrected chi connectivity index (χ3v) is 3.74. The first kappa shape index (κ1) is 10.2. The van der Waals surface area contributed by atoms with E-state index < -0.39 is 0 Å². The quantitative estimate of drug-likeness (QED) is 0.813. The van der Waals surface area contributed by atoms with Crippen molar-refractivity contribution in [3.05, 3.63) is 5.01 Å². The monoisotopic (exact) mass is 231 g/mol. The van der Waals surface area contributed by atoms with E-state index in [1.54, 1.807) is 11.3 Å². The molecule has 14 heavy (non-hydrogen) atoms. The van der Waals surface area contributed by atoms with E-state index in [0.29, 0.717) is 11.3 Å². The molecule has 1 fully saturated rings. The summed E-state index contributed by atoms with van der Waals surface area (Å²) >= 11 is 7.65. The Morgan fingerprint density at radius 1 is 1.50 bits per heavy atom. The smallest absolute Gasteiger partial charge is 0.205 e. The van der Waals surface area contributed by atoms with Gasteiger partial charge in [-0.25, -0.2) is 0 Å². The summed E-state index contributed by atoms with van der Waals surface area (Å²) in [5.74, 6) is 0.710. The van der Waals surface area contributed by atoms with Gasteiger partial charge in [0.1, 0.15) is 5.01 Å². The molecule has 78 valence electrons. The van der Waals surface area contributed by atoms with Gasteiger partial charge in [0.05, 0.1) is 0 Å². The molecule has 0 aliphatic heterocycles. The molecular weight excluding hydrogens is 218 g/mol. The maximum atomic E-state index is 6.04. The van der Waals surface area contributed by atoms with Crippen LogP contribution in [0.4, 0.5) is 5.13 Å². The third-order valence-electron chi connectivity index (χ3n) is 2.55. The molecule has 0 spiro atoms. The van der Waals surface area contributed by atoms with Crippen molar-refractivity contribution in [3.63, 3.8) is 0 Å². The third kappa shape index (κ3) is 2.58. The molecule has 1 N–H and O–H groups in total. The van der Waals surface area contributed by atoms with Crippen molar-refractivity contribution in [1.29, 1.82) is 0 Å². The van der Waals surface area contributed by atoms with Gasteiger partial charge in [-0.1, -0.05) is 11.3 Å². The van der Waals surface area contributed by atoms with E-state index in [1.165, 1.54) is 6.42 Å². The highest BCUT2D eigenvalue weighted by Crippen LogP contribution is 2.29. The van der Waals surface area contributed by atoms with Crippen LogP contribution in [0.1, 0.15) is 24.3 Å². The van der Waals surface area contributed by atoms with Gasteiger partial charge in [-0.05, 0) is 32.1 Å². The summed E-state index contributed by atoms with van der Waals surface area (Å²) in [6.45, 7) is 2.95. The van der Waals surface area contributed by atoms with Gasteiger partial charge in [0.2, 0.25) is 5.13 Å². The van der Waals surface area contributed by atoms with Gasteiger partial charge in [-0.3, -0.25) is 0 Å². The predicted octanol–water partition coefficient (Wildman–Crippen LogP) is 2.67. The lowest BCUT2D eigenvalue weighted by atomic mass is 10.1. The zero-order valence-electron chi connectivity index (χ0n) is 8.16. The first-order chi connectivity index (χ1) is 6.74. The van der Waals surface area contributed by atoms with Crippen LogP contribution in [0.15, 0.2) is 0 Å². The second-order valence-corrected chi connectivity index (χ2v) is 5.58. The van der Waals surface area contributed by atoms with Crippen molar-refractivity contribution in [2.45, 2.75) is 31.6 Å². The van der Waals surface area contributed by atoms with Gasteiger partial charge in [0, 0.05) is 11.9 Å². The van der Waals surface area contributed by atoms with E-state index in [0.717, 1.165) is 29.5 Å². The highest BCUT2D eigenvalue weighted by Gasteiger charge is 2.22. The Bertz CT molecular complexity index is 302. The minimum Gasteiger partial charge on any atom is -0.360 e.